The number of nitrogens with one attached hydrogen (secondary N) is 1. The summed E-state index contributed by atoms with van der Waals surface area (Å²) < 4.78 is 33.5. The van der Waals surface area contributed by atoms with Crippen molar-refractivity contribution < 1.29 is 37.2 Å². The predicted molar refractivity (Wildman–Crippen MR) is 113 cm³/mol. The average Bonchev–Trinajstić information content (AvgIpc) is 2.72. The molecule has 0 aliphatic heterocycles. The lowest BCUT2D eigenvalue weighted by Crippen LogP contribution is -2.16. The zero-order valence-electron chi connectivity index (χ0n) is 17.4. The second kappa shape index (κ2) is 10.0. The summed E-state index contributed by atoms with van der Waals surface area (Å²) in [7, 11) is -3.84. The van der Waals surface area contributed by atoms with Crippen LogP contribution in [-0.2, 0) is 19.3 Å². The van der Waals surface area contributed by atoms with Gasteiger partial charge in [0.1, 0.15) is 0 Å². The van der Waals surface area contributed by atoms with Crippen molar-refractivity contribution in [3.8, 4) is 0 Å². The molecule has 11 nitrogen and oxygen atoms in total. The van der Waals surface area contributed by atoms with Gasteiger partial charge >= 0.3 is 11.9 Å². The molecule has 0 unspecified atom stereocenters. The minimum Gasteiger partial charge on any atom is -0.462 e. The molecule has 0 aliphatic carbocycles. The van der Waals surface area contributed by atoms with Crippen LogP contribution in [-0.4, -0.2) is 50.7 Å². The third-order valence-corrected chi connectivity index (χ3v) is 5.10. The van der Waals surface area contributed by atoms with Crippen molar-refractivity contribution in [2.24, 2.45) is 0 Å². The number of carbonyl (C=O) groups excluding carboxylic acids is 3. The Morgan fingerprint density at radius 1 is 0.906 bits per heavy atom. The summed E-state index contributed by atoms with van der Waals surface area (Å²) in [5.41, 5.74) is -0.979. The first-order chi connectivity index (χ1) is 15.0. The number of benzene rings is 2. The van der Waals surface area contributed by atoms with Gasteiger partial charge in [-0.15, -0.1) is 0 Å². The van der Waals surface area contributed by atoms with Gasteiger partial charge in [0.05, 0.1) is 34.2 Å². The van der Waals surface area contributed by atoms with Gasteiger partial charge in [-0.3, -0.25) is 14.9 Å². The molecule has 0 atom stereocenters. The second-order valence-corrected chi connectivity index (χ2v) is 8.45. The van der Waals surface area contributed by atoms with E-state index in [4.69, 9.17) is 9.47 Å². The number of esters is 2. The highest BCUT2D eigenvalue weighted by Gasteiger charge is 2.21. The molecule has 0 bridgehead atoms. The molecule has 2 aromatic carbocycles. The van der Waals surface area contributed by atoms with E-state index in [0.29, 0.717) is 0 Å². The summed E-state index contributed by atoms with van der Waals surface area (Å²) in [4.78, 5) is 46.9. The number of anilines is 1. The molecule has 0 aliphatic rings. The molecule has 0 radical (unpaired) electrons. The molecular weight excluding hydrogens is 444 g/mol. The molecule has 0 fully saturated rings. The van der Waals surface area contributed by atoms with E-state index in [1.165, 1.54) is 18.2 Å². The van der Waals surface area contributed by atoms with Crippen LogP contribution < -0.4 is 5.32 Å². The number of non-ortho nitro benzene ring substituents is 1. The number of rotatable bonds is 8. The Hall–Kier alpha value is -3.80. The Bertz CT molecular complexity index is 1150. The third-order valence-electron chi connectivity index (χ3n) is 4.01. The van der Waals surface area contributed by atoms with Gasteiger partial charge in [-0.2, -0.15) is 0 Å². The molecule has 0 heterocycles. The van der Waals surface area contributed by atoms with E-state index in [9.17, 15) is 32.9 Å². The van der Waals surface area contributed by atoms with E-state index in [1.54, 1.807) is 13.8 Å². The van der Waals surface area contributed by atoms with Gasteiger partial charge in [-0.25, -0.2) is 18.0 Å². The Balaban J connectivity index is 2.50. The molecule has 2 aromatic rings. The van der Waals surface area contributed by atoms with Crippen LogP contribution in [0.2, 0.25) is 0 Å². The number of hydrogen-bond donors (Lipinski definition) is 1. The SMILES string of the molecule is CCOC(=O)c1cc(NC(=O)c2cc([N+](=O)[O-])cc(S(C)(=O)=O)c2)cc(C(=O)OCC)c1. The number of carbonyl (C=O) groups is 3. The van der Waals surface area contributed by atoms with Crippen molar-refractivity contribution in [1.29, 1.82) is 0 Å². The van der Waals surface area contributed by atoms with Crippen LogP contribution >= 0.6 is 0 Å². The summed E-state index contributed by atoms with van der Waals surface area (Å²) in [5, 5.41) is 13.6. The maximum absolute atomic E-state index is 12.7. The fourth-order valence-corrected chi connectivity index (χ4v) is 3.28. The summed E-state index contributed by atoms with van der Waals surface area (Å²) in [6, 6.07) is 6.46. The molecule has 12 heteroatoms. The van der Waals surface area contributed by atoms with Crippen LogP contribution in [0.1, 0.15) is 44.9 Å². The van der Waals surface area contributed by atoms with E-state index >= 15 is 0 Å². The van der Waals surface area contributed by atoms with E-state index in [2.05, 4.69) is 5.32 Å². The number of nitrogens with zero attached hydrogens (tertiary/aromatic N) is 1. The lowest BCUT2D eigenvalue weighted by Gasteiger charge is -2.11. The molecule has 1 N–H and O–H groups in total. The highest BCUT2D eigenvalue weighted by molar-refractivity contribution is 7.90. The molecule has 170 valence electrons. The Morgan fingerprint density at radius 3 is 1.88 bits per heavy atom. The van der Waals surface area contributed by atoms with Gasteiger partial charge in [0, 0.05) is 29.6 Å². The van der Waals surface area contributed by atoms with E-state index in [-0.39, 0.29) is 35.6 Å². The van der Waals surface area contributed by atoms with Crippen LogP contribution in [0.3, 0.4) is 0 Å². The van der Waals surface area contributed by atoms with Crippen molar-refractivity contribution in [2.75, 3.05) is 24.8 Å². The molecule has 0 saturated heterocycles. The minimum atomic E-state index is -3.84. The highest BCUT2D eigenvalue weighted by Crippen LogP contribution is 2.23. The average molecular weight is 464 g/mol. The summed E-state index contributed by atoms with van der Waals surface area (Å²) in [6.07, 6.45) is 0.849. The standard InChI is InChI=1S/C20H20N2O9S/c1-4-30-19(24)13-6-14(20(25)31-5-2)8-15(7-13)21-18(23)12-9-16(22(26)27)11-17(10-12)32(3,28)29/h6-11H,4-5H2,1-3H3,(H,21,23). The van der Waals surface area contributed by atoms with E-state index < -0.39 is 43.2 Å². The van der Waals surface area contributed by atoms with Gasteiger partial charge in [0.2, 0.25) is 0 Å². The van der Waals surface area contributed by atoms with Crippen LogP contribution in [0.25, 0.3) is 0 Å². The monoisotopic (exact) mass is 464 g/mol. The summed E-state index contributed by atoms with van der Waals surface area (Å²) in [6.45, 7) is 3.34. The Morgan fingerprint density at radius 2 is 1.44 bits per heavy atom. The van der Waals surface area contributed by atoms with Crippen molar-refractivity contribution >= 4 is 39.1 Å². The molecule has 1 amide bonds. The third kappa shape index (κ3) is 6.11. The zero-order chi connectivity index (χ0) is 24.1. The molecule has 0 spiro atoms. The largest absolute Gasteiger partial charge is 0.462 e. The van der Waals surface area contributed by atoms with Gasteiger partial charge in [0.25, 0.3) is 11.6 Å². The van der Waals surface area contributed by atoms with Gasteiger partial charge in [-0.1, -0.05) is 0 Å². The van der Waals surface area contributed by atoms with Crippen LogP contribution in [0.4, 0.5) is 11.4 Å². The first-order valence-electron chi connectivity index (χ1n) is 9.26. The van der Waals surface area contributed by atoms with Crippen molar-refractivity contribution in [1.82, 2.24) is 0 Å². The van der Waals surface area contributed by atoms with Crippen LogP contribution in [0.5, 0.6) is 0 Å². The number of sulfone groups is 1. The number of nitro groups is 1. The number of ether oxygens (including phenoxy) is 2. The van der Waals surface area contributed by atoms with Gasteiger partial charge < -0.3 is 14.8 Å². The minimum absolute atomic E-state index is 0.00369. The van der Waals surface area contributed by atoms with Gasteiger partial charge in [-0.05, 0) is 38.1 Å². The Labute approximate surface area is 183 Å². The van der Waals surface area contributed by atoms with Crippen LogP contribution in [0.15, 0.2) is 41.3 Å². The lowest BCUT2D eigenvalue weighted by molar-refractivity contribution is -0.385. The number of nitro benzene ring substituents is 1. The maximum atomic E-state index is 12.7. The fourth-order valence-electron chi connectivity index (χ4n) is 2.60. The Kier molecular flexibility index (Phi) is 7.65. The smallest absolute Gasteiger partial charge is 0.338 e. The molecule has 0 aromatic heterocycles. The number of hydrogen-bond acceptors (Lipinski definition) is 9. The molecule has 0 saturated carbocycles. The van der Waals surface area contributed by atoms with Crippen molar-refractivity contribution in [3.63, 3.8) is 0 Å². The number of amides is 1. The highest BCUT2D eigenvalue weighted by atomic mass is 32.2. The predicted octanol–water partition coefficient (Wildman–Crippen LogP) is 2.60. The molecule has 32 heavy (non-hydrogen) atoms. The second-order valence-electron chi connectivity index (χ2n) is 6.44. The van der Waals surface area contributed by atoms with Crippen molar-refractivity contribution in [2.45, 2.75) is 18.7 Å². The first kappa shape index (κ1) is 24.5. The molecule has 2 rings (SSSR count). The quantitative estimate of drug-likeness (QED) is 0.352. The topological polar surface area (TPSA) is 159 Å². The lowest BCUT2D eigenvalue weighted by atomic mass is 10.1. The zero-order valence-corrected chi connectivity index (χ0v) is 18.2. The van der Waals surface area contributed by atoms with E-state index in [0.717, 1.165) is 24.5 Å². The normalized spacial score (nSPS) is 10.8. The summed E-state index contributed by atoms with van der Waals surface area (Å²) in [5.74, 6) is -2.39. The van der Waals surface area contributed by atoms with Gasteiger partial charge in [0.15, 0.2) is 9.84 Å². The fraction of sp³-hybridized carbons (Fsp3) is 0.250. The first-order valence-corrected chi connectivity index (χ1v) is 11.2. The van der Waals surface area contributed by atoms with Crippen molar-refractivity contribution in [3.05, 3.63) is 63.2 Å². The van der Waals surface area contributed by atoms with E-state index in [1.807, 2.05) is 0 Å². The van der Waals surface area contributed by atoms with Crippen LogP contribution in [0, 0.1) is 10.1 Å². The summed E-state index contributed by atoms with van der Waals surface area (Å²) >= 11 is 0. The molecular formula is C20H20N2O9S. The maximum Gasteiger partial charge on any atom is 0.338 e.